The molecule has 4 nitrogen and oxygen atoms in total. The van der Waals surface area contributed by atoms with Gasteiger partial charge >= 0.3 is 0 Å². The number of nitrogens with zero attached hydrogens (tertiary/aromatic N) is 1. The van der Waals surface area contributed by atoms with E-state index in [2.05, 4.69) is 17.0 Å². The van der Waals surface area contributed by atoms with Crippen molar-refractivity contribution in [2.24, 2.45) is 5.92 Å². The summed E-state index contributed by atoms with van der Waals surface area (Å²) in [5, 5.41) is 0. The van der Waals surface area contributed by atoms with Crippen LogP contribution in [0.25, 0.3) is 0 Å². The number of piperidine rings is 1. The molecule has 0 amide bonds. The lowest BCUT2D eigenvalue weighted by atomic mass is 9.98. The lowest BCUT2D eigenvalue weighted by Crippen LogP contribution is -2.37. The van der Waals surface area contributed by atoms with Crippen molar-refractivity contribution in [2.45, 2.75) is 19.4 Å². The van der Waals surface area contributed by atoms with Gasteiger partial charge in [-0.3, -0.25) is 4.90 Å². The van der Waals surface area contributed by atoms with Gasteiger partial charge in [-0.05, 0) is 37.6 Å². The van der Waals surface area contributed by atoms with Crippen molar-refractivity contribution in [3.63, 3.8) is 0 Å². The third kappa shape index (κ3) is 4.07. The average molecular weight is 339 g/mol. The molecule has 4 heteroatoms. The predicted molar refractivity (Wildman–Crippen MR) is 97.4 cm³/mol. The predicted octanol–water partition coefficient (Wildman–Crippen LogP) is 3.75. The molecule has 0 aromatic heterocycles. The molecule has 0 N–H and O–H groups in total. The number of para-hydroxylation sites is 2. The molecule has 2 heterocycles. The zero-order chi connectivity index (χ0) is 16.9. The van der Waals surface area contributed by atoms with Crippen LogP contribution in [0.4, 0.5) is 0 Å². The van der Waals surface area contributed by atoms with Gasteiger partial charge in [0.2, 0.25) is 0 Å². The van der Waals surface area contributed by atoms with Crippen molar-refractivity contribution in [3.05, 3.63) is 54.1 Å². The number of ether oxygens (including phenoxy) is 3. The van der Waals surface area contributed by atoms with Crippen LogP contribution in [0, 0.1) is 5.92 Å². The first kappa shape index (κ1) is 16.3. The Kier molecular flexibility index (Phi) is 5.07. The molecular weight excluding hydrogens is 314 g/mol. The van der Waals surface area contributed by atoms with E-state index < -0.39 is 0 Å². The SMILES string of the molecule is c1ccc(OCC2CCCN(Cc3cccc4c3OCCO4)C2)cc1. The highest BCUT2D eigenvalue weighted by atomic mass is 16.6. The number of rotatable bonds is 5. The molecule has 1 unspecified atom stereocenters. The Labute approximate surface area is 149 Å². The summed E-state index contributed by atoms with van der Waals surface area (Å²) < 4.78 is 17.5. The lowest BCUT2D eigenvalue weighted by Gasteiger charge is -2.33. The van der Waals surface area contributed by atoms with Gasteiger partial charge in [0.05, 0.1) is 6.61 Å². The van der Waals surface area contributed by atoms with Crippen LogP contribution in [-0.4, -0.2) is 37.8 Å². The van der Waals surface area contributed by atoms with Crippen molar-refractivity contribution in [2.75, 3.05) is 32.9 Å². The van der Waals surface area contributed by atoms with Crippen LogP contribution in [0.1, 0.15) is 18.4 Å². The fraction of sp³-hybridized carbons (Fsp3) is 0.429. The van der Waals surface area contributed by atoms with Gasteiger partial charge in [-0.15, -0.1) is 0 Å². The van der Waals surface area contributed by atoms with Gasteiger partial charge in [-0.2, -0.15) is 0 Å². The third-order valence-corrected chi connectivity index (χ3v) is 4.87. The smallest absolute Gasteiger partial charge is 0.165 e. The normalized spacial score (nSPS) is 20.2. The number of benzene rings is 2. The first-order valence-electron chi connectivity index (χ1n) is 9.16. The summed E-state index contributed by atoms with van der Waals surface area (Å²) in [4.78, 5) is 2.51. The van der Waals surface area contributed by atoms with Gasteiger partial charge < -0.3 is 14.2 Å². The van der Waals surface area contributed by atoms with Crippen molar-refractivity contribution in [1.82, 2.24) is 4.90 Å². The fourth-order valence-corrected chi connectivity index (χ4v) is 3.66. The van der Waals surface area contributed by atoms with Gasteiger partial charge in [0.1, 0.15) is 19.0 Å². The second-order valence-corrected chi connectivity index (χ2v) is 6.81. The first-order valence-corrected chi connectivity index (χ1v) is 9.16. The second-order valence-electron chi connectivity index (χ2n) is 6.81. The molecule has 2 aromatic rings. The second kappa shape index (κ2) is 7.79. The topological polar surface area (TPSA) is 30.9 Å². The molecule has 1 saturated heterocycles. The van der Waals surface area contributed by atoms with E-state index in [4.69, 9.17) is 14.2 Å². The van der Waals surface area contributed by atoms with Gasteiger partial charge in [0, 0.05) is 24.6 Å². The van der Waals surface area contributed by atoms with E-state index >= 15 is 0 Å². The Balaban J connectivity index is 1.35. The molecule has 2 aromatic carbocycles. The number of hydrogen-bond donors (Lipinski definition) is 0. The van der Waals surface area contributed by atoms with Crippen LogP contribution in [0.15, 0.2) is 48.5 Å². The minimum atomic E-state index is 0.575. The maximum atomic E-state index is 5.96. The summed E-state index contributed by atoms with van der Waals surface area (Å²) in [6, 6.07) is 16.3. The molecule has 0 aliphatic carbocycles. The van der Waals surface area contributed by atoms with E-state index in [0.717, 1.165) is 43.5 Å². The summed E-state index contributed by atoms with van der Waals surface area (Å²) >= 11 is 0. The maximum Gasteiger partial charge on any atom is 0.165 e. The molecule has 1 atom stereocenters. The lowest BCUT2D eigenvalue weighted by molar-refractivity contribution is 0.121. The minimum absolute atomic E-state index is 0.575. The van der Waals surface area contributed by atoms with Gasteiger partial charge in [0.25, 0.3) is 0 Å². The van der Waals surface area contributed by atoms with E-state index in [1.165, 1.54) is 18.4 Å². The zero-order valence-electron chi connectivity index (χ0n) is 14.5. The van der Waals surface area contributed by atoms with Crippen LogP contribution in [0.3, 0.4) is 0 Å². The van der Waals surface area contributed by atoms with E-state index in [1.54, 1.807) is 0 Å². The van der Waals surface area contributed by atoms with Gasteiger partial charge in [0.15, 0.2) is 11.5 Å². The summed E-state index contributed by atoms with van der Waals surface area (Å²) in [5.41, 5.74) is 1.22. The van der Waals surface area contributed by atoms with E-state index in [-0.39, 0.29) is 0 Å². The molecule has 2 aliphatic rings. The number of fused-ring (bicyclic) bond motifs is 1. The van der Waals surface area contributed by atoms with Crippen LogP contribution in [0.5, 0.6) is 17.2 Å². The summed E-state index contributed by atoms with van der Waals surface area (Å²) in [5.74, 6) is 3.34. The average Bonchev–Trinajstić information content (AvgIpc) is 2.68. The van der Waals surface area contributed by atoms with Crippen molar-refractivity contribution < 1.29 is 14.2 Å². The largest absolute Gasteiger partial charge is 0.493 e. The van der Waals surface area contributed by atoms with E-state index in [1.807, 2.05) is 36.4 Å². The molecule has 2 aliphatic heterocycles. The molecule has 132 valence electrons. The quantitative estimate of drug-likeness (QED) is 0.830. The molecule has 0 radical (unpaired) electrons. The van der Waals surface area contributed by atoms with Crippen molar-refractivity contribution in [1.29, 1.82) is 0 Å². The maximum absolute atomic E-state index is 5.96. The van der Waals surface area contributed by atoms with Crippen LogP contribution in [0.2, 0.25) is 0 Å². The molecule has 0 saturated carbocycles. The Morgan fingerprint density at radius 3 is 2.80 bits per heavy atom. The van der Waals surface area contributed by atoms with Gasteiger partial charge in [-0.1, -0.05) is 30.3 Å². The number of likely N-dealkylation sites (tertiary alicyclic amines) is 1. The molecule has 4 rings (SSSR count). The third-order valence-electron chi connectivity index (χ3n) is 4.87. The molecular formula is C21H25NO3. The summed E-state index contributed by atoms with van der Waals surface area (Å²) in [6.07, 6.45) is 2.45. The molecule has 0 spiro atoms. The van der Waals surface area contributed by atoms with Crippen molar-refractivity contribution in [3.8, 4) is 17.2 Å². The Hall–Kier alpha value is -2.20. The monoisotopic (exact) mass is 339 g/mol. The Morgan fingerprint density at radius 1 is 1.00 bits per heavy atom. The van der Waals surface area contributed by atoms with Crippen LogP contribution >= 0.6 is 0 Å². The highest BCUT2D eigenvalue weighted by Crippen LogP contribution is 2.34. The minimum Gasteiger partial charge on any atom is -0.493 e. The Morgan fingerprint density at radius 2 is 1.88 bits per heavy atom. The standard InChI is InChI=1S/C21H25NO3/c1-2-8-19(9-3-1)25-16-17-6-5-11-22(14-17)15-18-7-4-10-20-21(18)24-13-12-23-20/h1-4,7-10,17H,5-6,11-16H2. The molecule has 0 bridgehead atoms. The highest BCUT2D eigenvalue weighted by Gasteiger charge is 2.23. The van der Waals surface area contributed by atoms with E-state index in [0.29, 0.717) is 19.1 Å². The first-order chi connectivity index (χ1) is 12.4. The Bertz CT molecular complexity index is 689. The molecule has 25 heavy (non-hydrogen) atoms. The van der Waals surface area contributed by atoms with E-state index in [9.17, 15) is 0 Å². The molecule has 1 fully saturated rings. The zero-order valence-corrected chi connectivity index (χ0v) is 14.5. The highest BCUT2D eigenvalue weighted by molar-refractivity contribution is 5.47. The summed E-state index contributed by atoms with van der Waals surface area (Å²) in [7, 11) is 0. The van der Waals surface area contributed by atoms with Crippen LogP contribution < -0.4 is 14.2 Å². The van der Waals surface area contributed by atoms with Gasteiger partial charge in [-0.25, -0.2) is 0 Å². The summed E-state index contributed by atoms with van der Waals surface area (Å²) in [6.45, 7) is 5.17. The number of hydrogen-bond acceptors (Lipinski definition) is 4. The van der Waals surface area contributed by atoms with Crippen molar-refractivity contribution >= 4 is 0 Å². The van der Waals surface area contributed by atoms with Crippen LogP contribution in [-0.2, 0) is 6.54 Å². The fourth-order valence-electron chi connectivity index (χ4n) is 3.66.